The van der Waals surface area contributed by atoms with E-state index in [1.54, 1.807) is 27.7 Å². The molecule has 2 aromatic heterocycles. The highest BCUT2D eigenvalue weighted by Gasteiger charge is 2.22. The molecular weight excluding hydrogens is 315 g/mol. The summed E-state index contributed by atoms with van der Waals surface area (Å²) in [6.07, 6.45) is -0.767. The number of halogens is 1. The minimum atomic E-state index is -0.767. The third-order valence-electron chi connectivity index (χ3n) is 3.54. The van der Waals surface area contributed by atoms with Crippen molar-refractivity contribution in [2.45, 2.75) is 33.8 Å². The Labute approximate surface area is 136 Å². The number of aromatic nitrogens is 4. The maximum Gasteiger partial charge on any atom is 0.341 e. The minimum Gasteiger partial charge on any atom is -0.449 e. The molecule has 3 aromatic rings. The number of fused-ring (bicyclic) bond motifs is 1. The predicted molar refractivity (Wildman–Crippen MR) is 81.8 cm³/mol. The Balaban J connectivity index is 1.98. The van der Waals surface area contributed by atoms with E-state index in [0.29, 0.717) is 28.3 Å². The molecule has 0 spiro atoms. The molecule has 0 N–H and O–H groups in total. The largest absolute Gasteiger partial charge is 0.449 e. The number of hydrogen-bond acceptors (Lipinski definition) is 7. The molecule has 1 atom stereocenters. The van der Waals surface area contributed by atoms with Crippen molar-refractivity contribution in [3.05, 3.63) is 46.7 Å². The minimum absolute atomic E-state index is 0.00341. The summed E-state index contributed by atoms with van der Waals surface area (Å²) in [5.74, 6) is -0.797. The van der Waals surface area contributed by atoms with Crippen LogP contribution in [0.1, 0.15) is 46.6 Å². The van der Waals surface area contributed by atoms with Gasteiger partial charge in [-0.25, -0.2) is 19.2 Å². The molecule has 0 saturated carbocycles. The summed E-state index contributed by atoms with van der Waals surface area (Å²) in [5.41, 5.74) is 1.92. The van der Waals surface area contributed by atoms with Gasteiger partial charge in [0.15, 0.2) is 6.10 Å². The number of hydrogen-bond donors (Lipinski definition) is 0. The molecule has 0 aliphatic carbocycles. The SMILES string of the molecule is Cc1nnc(C(C)OC(=O)c2cc(F)cc3nc(C)c(C)nc23)o1. The molecule has 1 aromatic carbocycles. The van der Waals surface area contributed by atoms with E-state index in [4.69, 9.17) is 9.15 Å². The van der Waals surface area contributed by atoms with Crippen molar-refractivity contribution in [3.8, 4) is 0 Å². The highest BCUT2D eigenvalue weighted by Crippen LogP contribution is 2.23. The van der Waals surface area contributed by atoms with Crippen LogP contribution in [-0.2, 0) is 4.74 Å². The zero-order chi connectivity index (χ0) is 17.4. The lowest BCUT2D eigenvalue weighted by Gasteiger charge is -2.11. The van der Waals surface area contributed by atoms with Gasteiger partial charge in [0.1, 0.15) is 11.3 Å². The summed E-state index contributed by atoms with van der Waals surface area (Å²) in [7, 11) is 0. The molecule has 0 amide bonds. The molecule has 0 saturated heterocycles. The van der Waals surface area contributed by atoms with Crippen LogP contribution in [0.2, 0.25) is 0 Å². The average Bonchev–Trinajstić information content (AvgIpc) is 2.95. The van der Waals surface area contributed by atoms with Crippen molar-refractivity contribution in [2.24, 2.45) is 0 Å². The lowest BCUT2D eigenvalue weighted by Crippen LogP contribution is -2.12. The van der Waals surface area contributed by atoms with E-state index in [0.717, 1.165) is 6.07 Å². The number of benzene rings is 1. The van der Waals surface area contributed by atoms with Gasteiger partial charge < -0.3 is 9.15 Å². The second-order valence-electron chi connectivity index (χ2n) is 5.42. The van der Waals surface area contributed by atoms with E-state index in [9.17, 15) is 9.18 Å². The van der Waals surface area contributed by atoms with Crippen LogP contribution in [0.25, 0.3) is 11.0 Å². The van der Waals surface area contributed by atoms with Gasteiger partial charge >= 0.3 is 5.97 Å². The summed E-state index contributed by atoms with van der Waals surface area (Å²) in [6, 6.07) is 2.32. The highest BCUT2D eigenvalue weighted by molar-refractivity contribution is 6.01. The molecule has 0 aliphatic rings. The quantitative estimate of drug-likeness (QED) is 0.682. The number of carbonyl (C=O) groups excluding carboxylic acids is 1. The van der Waals surface area contributed by atoms with Gasteiger partial charge in [-0.1, -0.05) is 0 Å². The van der Waals surface area contributed by atoms with Crippen molar-refractivity contribution in [1.29, 1.82) is 0 Å². The van der Waals surface area contributed by atoms with Crippen LogP contribution in [0.15, 0.2) is 16.5 Å². The Bertz CT molecular complexity index is 938. The zero-order valence-electron chi connectivity index (χ0n) is 13.6. The van der Waals surface area contributed by atoms with Crippen molar-refractivity contribution in [2.75, 3.05) is 0 Å². The Morgan fingerprint density at radius 1 is 1.17 bits per heavy atom. The molecular formula is C16H15FN4O3. The van der Waals surface area contributed by atoms with Gasteiger partial charge in [0.25, 0.3) is 5.89 Å². The number of aryl methyl sites for hydroxylation is 3. The fourth-order valence-corrected chi connectivity index (χ4v) is 2.20. The summed E-state index contributed by atoms with van der Waals surface area (Å²) >= 11 is 0. The Hall–Kier alpha value is -2.90. The maximum atomic E-state index is 13.8. The molecule has 2 heterocycles. The first-order valence-corrected chi connectivity index (χ1v) is 7.30. The summed E-state index contributed by atoms with van der Waals surface area (Å²) in [6.45, 7) is 6.76. The molecule has 124 valence electrons. The molecule has 7 nitrogen and oxygen atoms in total. The van der Waals surface area contributed by atoms with Gasteiger partial charge in [-0.15, -0.1) is 10.2 Å². The van der Waals surface area contributed by atoms with E-state index in [1.165, 1.54) is 6.07 Å². The van der Waals surface area contributed by atoms with Gasteiger partial charge in [0.05, 0.1) is 22.5 Å². The summed E-state index contributed by atoms with van der Waals surface area (Å²) < 4.78 is 24.4. The Morgan fingerprint density at radius 3 is 2.54 bits per heavy atom. The molecule has 0 bridgehead atoms. The first kappa shape index (κ1) is 16.0. The van der Waals surface area contributed by atoms with Gasteiger partial charge in [-0.3, -0.25) is 0 Å². The standard InChI is InChI=1S/C16H15FN4O3/c1-7-8(2)19-14-12(5-11(17)6-13(14)18-7)16(22)23-9(3)15-21-20-10(4)24-15/h5-6,9H,1-4H3. The number of esters is 1. The molecule has 0 radical (unpaired) electrons. The highest BCUT2D eigenvalue weighted by atomic mass is 19.1. The van der Waals surface area contributed by atoms with Gasteiger partial charge in [-0.05, 0) is 26.8 Å². The average molecular weight is 330 g/mol. The third-order valence-corrected chi connectivity index (χ3v) is 3.54. The summed E-state index contributed by atoms with van der Waals surface area (Å²) in [4.78, 5) is 21.1. The van der Waals surface area contributed by atoms with Crippen LogP contribution >= 0.6 is 0 Å². The van der Waals surface area contributed by atoms with Gasteiger partial charge in [-0.2, -0.15) is 0 Å². The van der Waals surface area contributed by atoms with Crippen LogP contribution in [0.4, 0.5) is 4.39 Å². The van der Waals surface area contributed by atoms with E-state index < -0.39 is 17.9 Å². The van der Waals surface area contributed by atoms with Crippen molar-refractivity contribution in [3.63, 3.8) is 0 Å². The van der Waals surface area contributed by atoms with Crippen LogP contribution in [-0.4, -0.2) is 26.1 Å². The van der Waals surface area contributed by atoms with Crippen molar-refractivity contribution in [1.82, 2.24) is 20.2 Å². The van der Waals surface area contributed by atoms with E-state index in [2.05, 4.69) is 20.2 Å². The monoisotopic (exact) mass is 330 g/mol. The van der Waals surface area contributed by atoms with Crippen molar-refractivity contribution < 1.29 is 18.3 Å². The maximum absolute atomic E-state index is 13.8. The molecule has 3 rings (SSSR count). The molecule has 1 unspecified atom stereocenters. The molecule has 0 fully saturated rings. The molecule has 0 aliphatic heterocycles. The fraction of sp³-hybridized carbons (Fsp3) is 0.312. The number of ether oxygens (including phenoxy) is 1. The number of rotatable bonds is 3. The van der Waals surface area contributed by atoms with E-state index in [-0.39, 0.29) is 11.5 Å². The number of nitrogens with zero attached hydrogens (tertiary/aromatic N) is 4. The van der Waals surface area contributed by atoms with Crippen molar-refractivity contribution >= 4 is 17.0 Å². The lowest BCUT2D eigenvalue weighted by molar-refractivity contribution is 0.0278. The Kier molecular flexibility index (Phi) is 3.96. The summed E-state index contributed by atoms with van der Waals surface area (Å²) in [5, 5.41) is 7.48. The van der Waals surface area contributed by atoms with Crippen LogP contribution in [0.5, 0.6) is 0 Å². The second-order valence-corrected chi connectivity index (χ2v) is 5.42. The fourth-order valence-electron chi connectivity index (χ4n) is 2.20. The topological polar surface area (TPSA) is 91.0 Å². The first-order chi connectivity index (χ1) is 11.3. The van der Waals surface area contributed by atoms with Gasteiger partial charge in [0.2, 0.25) is 5.89 Å². The van der Waals surface area contributed by atoms with Crippen LogP contribution in [0, 0.1) is 26.6 Å². The third kappa shape index (κ3) is 2.94. The lowest BCUT2D eigenvalue weighted by atomic mass is 10.1. The molecule has 8 heteroatoms. The molecule has 24 heavy (non-hydrogen) atoms. The Morgan fingerprint density at radius 2 is 1.88 bits per heavy atom. The second kappa shape index (κ2) is 5.95. The first-order valence-electron chi connectivity index (χ1n) is 7.30. The van der Waals surface area contributed by atoms with Crippen LogP contribution < -0.4 is 0 Å². The number of carbonyl (C=O) groups is 1. The van der Waals surface area contributed by atoms with E-state index >= 15 is 0 Å². The van der Waals surface area contributed by atoms with Gasteiger partial charge in [0, 0.05) is 13.0 Å². The zero-order valence-corrected chi connectivity index (χ0v) is 13.6. The smallest absolute Gasteiger partial charge is 0.341 e. The van der Waals surface area contributed by atoms with E-state index in [1.807, 2.05) is 0 Å². The predicted octanol–water partition coefficient (Wildman–Crippen LogP) is 3.00. The normalized spacial score (nSPS) is 12.4. The van der Waals surface area contributed by atoms with Crippen LogP contribution in [0.3, 0.4) is 0 Å².